The van der Waals surface area contributed by atoms with Gasteiger partial charge < -0.3 is 9.67 Å². The fraction of sp³-hybridized carbons (Fsp3) is 0.250. The molecule has 0 aliphatic carbocycles. The molecule has 0 fully saturated rings. The van der Waals surface area contributed by atoms with Crippen LogP contribution in [0.25, 0.3) is 10.9 Å². The lowest BCUT2D eigenvalue weighted by molar-refractivity contribution is -0.136. The summed E-state index contributed by atoms with van der Waals surface area (Å²) < 4.78 is 2.05. The van der Waals surface area contributed by atoms with Gasteiger partial charge in [-0.1, -0.05) is 18.2 Å². The zero-order valence-corrected chi connectivity index (χ0v) is 8.60. The van der Waals surface area contributed by atoms with Gasteiger partial charge >= 0.3 is 5.97 Å². The highest BCUT2D eigenvalue weighted by atomic mass is 16.4. The molecule has 1 N–H and O–H groups in total. The first kappa shape index (κ1) is 9.77. The molecule has 3 nitrogen and oxygen atoms in total. The number of carboxylic acids is 1. The summed E-state index contributed by atoms with van der Waals surface area (Å²) in [6.07, 6.45) is 0.769. The number of carboxylic acid groups (broad SMARTS) is 1. The molecule has 3 heteroatoms. The van der Waals surface area contributed by atoms with Crippen molar-refractivity contribution in [3.63, 3.8) is 0 Å². The number of hydrogen-bond acceptors (Lipinski definition) is 1. The van der Waals surface area contributed by atoms with Gasteiger partial charge in [-0.25, -0.2) is 0 Å². The van der Waals surface area contributed by atoms with Crippen LogP contribution in [0, 0.1) is 0 Å². The summed E-state index contributed by atoms with van der Waals surface area (Å²) in [7, 11) is 1.97. The van der Waals surface area contributed by atoms with Gasteiger partial charge in [0.25, 0.3) is 0 Å². The predicted octanol–water partition coefficient (Wildman–Crippen LogP) is 2.20. The molecule has 0 atom stereocenters. The van der Waals surface area contributed by atoms with Crippen molar-refractivity contribution in [1.82, 2.24) is 4.57 Å². The van der Waals surface area contributed by atoms with Crippen molar-refractivity contribution >= 4 is 16.9 Å². The number of carbonyl (C=O) groups is 1. The maximum atomic E-state index is 10.5. The average Bonchev–Trinajstić information content (AvgIpc) is 2.54. The Morgan fingerprint density at radius 2 is 2.13 bits per heavy atom. The van der Waals surface area contributed by atoms with Gasteiger partial charge in [0.2, 0.25) is 0 Å². The van der Waals surface area contributed by atoms with E-state index in [4.69, 9.17) is 5.11 Å². The van der Waals surface area contributed by atoms with E-state index < -0.39 is 5.97 Å². The largest absolute Gasteiger partial charge is 0.481 e. The van der Waals surface area contributed by atoms with Crippen LogP contribution >= 0.6 is 0 Å². The Hall–Kier alpha value is -1.77. The van der Waals surface area contributed by atoms with Gasteiger partial charge in [-0.2, -0.15) is 0 Å². The van der Waals surface area contributed by atoms with E-state index in [1.165, 1.54) is 5.39 Å². The van der Waals surface area contributed by atoms with Gasteiger partial charge in [0, 0.05) is 18.3 Å². The van der Waals surface area contributed by atoms with Crippen LogP contribution in [0.5, 0.6) is 0 Å². The molecule has 0 radical (unpaired) electrons. The number of rotatable bonds is 3. The Labute approximate surface area is 87.9 Å². The molecule has 15 heavy (non-hydrogen) atoms. The minimum atomic E-state index is -0.750. The molecule has 0 amide bonds. The van der Waals surface area contributed by atoms with E-state index in [0.29, 0.717) is 6.42 Å². The fourth-order valence-corrected chi connectivity index (χ4v) is 1.82. The predicted molar refractivity (Wildman–Crippen MR) is 58.9 cm³/mol. The van der Waals surface area contributed by atoms with Crippen molar-refractivity contribution < 1.29 is 9.90 Å². The van der Waals surface area contributed by atoms with Crippen LogP contribution in [-0.4, -0.2) is 15.6 Å². The first-order valence-corrected chi connectivity index (χ1v) is 4.93. The van der Waals surface area contributed by atoms with Crippen LogP contribution < -0.4 is 0 Å². The van der Waals surface area contributed by atoms with Crippen molar-refractivity contribution in [3.8, 4) is 0 Å². The van der Waals surface area contributed by atoms with Gasteiger partial charge in [0.05, 0.1) is 6.42 Å². The zero-order chi connectivity index (χ0) is 10.8. The number of aromatic nitrogens is 1. The topological polar surface area (TPSA) is 42.2 Å². The van der Waals surface area contributed by atoms with Crippen LogP contribution in [0.3, 0.4) is 0 Å². The van der Waals surface area contributed by atoms with Gasteiger partial charge in [-0.15, -0.1) is 0 Å². The maximum Gasteiger partial charge on any atom is 0.303 e. The molecular formula is C12H13NO2. The van der Waals surface area contributed by atoms with Gasteiger partial charge in [-0.05, 0) is 23.9 Å². The summed E-state index contributed by atoms with van der Waals surface area (Å²) in [4.78, 5) is 10.5. The second-order valence-corrected chi connectivity index (χ2v) is 3.65. The molecule has 0 aliphatic heterocycles. The van der Waals surface area contributed by atoms with Gasteiger partial charge in [0.15, 0.2) is 0 Å². The Morgan fingerprint density at radius 1 is 1.40 bits per heavy atom. The quantitative estimate of drug-likeness (QED) is 0.830. The van der Waals surface area contributed by atoms with Crippen LogP contribution in [0.2, 0.25) is 0 Å². The number of nitrogens with zero attached hydrogens (tertiary/aromatic N) is 1. The van der Waals surface area contributed by atoms with Crippen LogP contribution in [0.4, 0.5) is 0 Å². The molecular weight excluding hydrogens is 190 g/mol. The summed E-state index contributed by atoms with van der Waals surface area (Å²) in [5.41, 5.74) is 2.22. The SMILES string of the molecule is Cn1c(CCC(=O)O)cc2ccccc21. The normalized spacial score (nSPS) is 10.7. The lowest BCUT2D eigenvalue weighted by Crippen LogP contribution is -2.01. The Bertz CT molecular complexity index is 499. The second kappa shape index (κ2) is 3.77. The zero-order valence-electron chi connectivity index (χ0n) is 8.60. The molecule has 0 spiro atoms. The Morgan fingerprint density at radius 3 is 2.80 bits per heavy atom. The van der Waals surface area contributed by atoms with Crippen LogP contribution in [0.1, 0.15) is 12.1 Å². The third-order valence-corrected chi connectivity index (χ3v) is 2.65. The van der Waals surface area contributed by atoms with E-state index in [-0.39, 0.29) is 6.42 Å². The van der Waals surface area contributed by atoms with Crippen molar-refractivity contribution in [2.75, 3.05) is 0 Å². The Balaban J connectivity index is 2.36. The molecule has 2 rings (SSSR count). The molecule has 2 aromatic rings. The summed E-state index contributed by atoms with van der Waals surface area (Å²) in [5.74, 6) is -0.750. The van der Waals surface area contributed by atoms with E-state index in [1.54, 1.807) is 0 Å². The molecule has 1 aromatic heterocycles. The molecule has 0 bridgehead atoms. The summed E-state index contributed by atoms with van der Waals surface area (Å²) in [5, 5.41) is 9.80. The van der Waals surface area contributed by atoms with Crippen LogP contribution in [0.15, 0.2) is 30.3 Å². The number of aliphatic carboxylic acids is 1. The summed E-state index contributed by atoms with van der Waals surface area (Å²) in [6.45, 7) is 0. The number of benzene rings is 1. The highest BCUT2D eigenvalue weighted by molar-refractivity contribution is 5.81. The molecule has 78 valence electrons. The first-order chi connectivity index (χ1) is 7.18. The molecule has 0 saturated carbocycles. The number of para-hydroxylation sites is 1. The molecule has 0 saturated heterocycles. The minimum absolute atomic E-state index is 0.185. The van der Waals surface area contributed by atoms with E-state index in [1.807, 2.05) is 31.3 Å². The minimum Gasteiger partial charge on any atom is -0.481 e. The molecule has 1 aromatic carbocycles. The van der Waals surface area contributed by atoms with Crippen molar-refractivity contribution in [2.24, 2.45) is 7.05 Å². The molecule has 1 heterocycles. The standard InChI is InChI=1S/C12H13NO2/c1-13-10(6-7-12(14)15)8-9-4-2-3-5-11(9)13/h2-5,8H,6-7H2,1H3,(H,14,15). The van der Waals surface area contributed by atoms with Crippen LogP contribution in [-0.2, 0) is 18.3 Å². The molecule has 0 unspecified atom stereocenters. The third kappa shape index (κ3) is 1.86. The monoisotopic (exact) mass is 203 g/mol. The van der Waals surface area contributed by atoms with Gasteiger partial charge in [-0.3, -0.25) is 4.79 Å². The molecule has 0 aliphatic rings. The third-order valence-electron chi connectivity index (χ3n) is 2.65. The number of fused-ring (bicyclic) bond motifs is 1. The van der Waals surface area contributed by atoms with Crippen molar-refractivity contribution in [1.29, 1.82) is 0 Å². The van der Waals surface area contributed by atoms with E-state index in [9.17, 15) is 4.79 Å². The smallest absolute Gasteiger partial charge is 0.303 e. The summed E-state index contributed by atoms with van der Waals surface area (Å²) >= 11 is 0. The average molecular weight is 203 g/mol. The maximum absolute atomic E-state index is 10.5. The lowest BCUT2D eigenvalue weighted by Gasteiger charge is -2.01. The van der Waals surface area contributed by atoms with E-state index in [2.05, 4.69) is 10.6 Å². The highest BCUT2D eigenvalue weighted by Gasteiger charge is 2.06. The van der Waals surface area contributed by atoms with E-state index in [0.717, 1.165) is 11.2 Å². The lowest BCUT2D eigenvalue weighted by atomic mass is 10.2. The first-order valence-electron chi connectivity index (χ1n) is 4.93. The fourth-order valence-electron chi connectivity index (χ4n) is 1.82. The van der Waals surface area contributed by atoms with Crippen molar-refractivity contribution in [3.05, 3.63) is 36.0 Å². The highest BCUT2D eigenvalue weighted by Crippen LogP contribution is 2.19. The second-order valence-electron chi connectivity index (χ2n) is 3.65. The van der Waals surface area contributed by atoms with Crippen molar-refractivity contribution in [2.45, 2.75) is 12.8 Å². The number of hydrogen-bond donors (Lipinski definition) is 1. The van der Waals surface area contributed by atoms with Gasteiger partial charge in [0.1, 0.15) is 0 Å². The summed E-state index contributed by atoms with van der Waals surface area (Å²) in [6, 6.07) is 10.1. The Kier molecular flexibility index (Phi) is 2.46. The number of aryl methyl sites for hydroxylation is 2. The van der Waals surface area contributed by atoms with E-state index >= 15 is 0 Å².